The third-order valence-electron chi connectivity index (χ3n) is 8.89. The van der Waals surface area contributed by atoms with Gasteiger partial charge in [0.15, 0.2) is 6.54 Å². The Morgan fingerprint density at radius 3 is 1.88 bits per heavy atom. The maximum atomic E-state index is 14.5. The van der Waals surface area contributed by atoms with Crippen LogP contribution in [0.1, 0.15) is 74.2 Å². The number of nitrogens with zero attached hydrogens (tertiary/aromatic N) is 2. The number of rotatable bonds is 18. The molecular formula is C36H43N2O10S2+. The van der Waals surface area contributed by atoms with E-state index in [4.69, 9.17) is 0 Å². The summed E-state index contributed by atoms with van der Waals surface area (Å²) in [6.07, 6.45) is 1.28. The number of pyridine rings is 1. The van der Waals surface area contributed by atoms with Crippen LogP contribution in [0, 0.1) is 12.8 Å². The third kappa shape index (κ3) is 9.03. The van der Waals surface area contributed by atoms with Gasteiger partial charge in [0.1, 0.15) is 0 Å². The Morgan fingerprint density at radius 1 is 0.780 bits per heavy atom. The van der Waals surface area contributed by atoms with Crippen LogP contribution in [0.25, 0.3) is 21.8 Å². The van der Waals surface area contributed by atoms with Gasteiger partial charge >= 0.3 is 11.9 Å². The molecule has 0 saturated carbocycles. The van der Waals surface area contributed by atoms with Crippen LogP contribution >= 0.6 is 0 Å². The van der Waals surface area contributed by atoms with Crippen molar-refractivity contribution in [3.05, 3.63) is 83.9 Å². The first kappa shape index (κ1) is 38.4. The minimum atomic E-state index is -4.50. The van der Waals surface area contributed by atoms with Crippen LogP contribution in [0.5, 0.6) is 0 Å². The average Bonchev–Trinajstić information content (AvgIpc) is 3.06. The van der Waals surface area contributed by atoms with Crippen molar-refractivity contribution in [1.82, 2.24) is 4.31 Å². The van der Waals surface area contributed by atoms with Crippen molar-refractivity contribution < 1.29 is 50.6 Å². The zero-order valence-electron chi connectivity index (χ0n) is 28.1. The van der Waals surface area contributed by atoms with E-state index in [9.17, 15) is 46.0 Å². The molecule has 1 amide bonds. The number of carboxylic acids is 2. The lowest BCUT2D eigenvalue weighted by Crippen LogP contribution is -2.41. The Hall–Kier alpha value is -4.40. The fourth-order valence-electron chi connectivity index (χ4n) is 6.30. The summed E-state index contributed by atoms with van der Waals surface area (Å²) < 4.78 is 65.6. The first-order chi connectivity index (χ1) is 23.7. The summed E-state index contributed by atoms with van der Waals surface area (Å²) in [4.78, 5) is 37.4. The molecule has 14 heteroatoms. The number of hydrogen-bond acceptors (Lipinski definition) is 7. The molecule has 1 aromatic heterocycles. The highest BCUT2D eigenvalue weighted by molar-refractivity contribution is 7.89. The number of carbonyl (C=O) groups excluding carboxylic acids is 1. The lowest BCUT2D eigenvalue weighted by molar-refractivity contribution is -0.645. The number of para-hydroxylation sites is 2. The van der Waals surface area contributed by atoms with Crippen molar-refractivity contribution in [2.45, 2.75) is 81.9 Å². The second-order valence-electron chi connectivity index (χ2n) is 12.4. The number of aryl methyl sites for hydroxylation is 2. The molecular weight excluding hydrogens is 685 g/mol. The molecule has 0 saturated heterocycles. The second-order valence-corrected chi connectivity index (χ2v) is 16.0. The van der Waals surface area contributed by atoms with Gasteiger partial charge in [-0.15, -0.1) is 0 Å². The Morgan fingerprint density at radius 2 is 1.36 bits per heavy atom. The SMILES string of the molecule is CCCC(CCCC(CC[n+]1c2ccccc2c(C(=O)N(CCCC(=O)O)S(=O)(=O)c2ccc(C)cc2)c2ccccc21)S(=O)(=O)O)C(=O)O. The summed E-state index contributed by atoms with van der Waals surface area (Å²) in [7, 11) is -8.92. The molecule has 0 radical (unpaired) electrons. The van der Waals surface area contributed by atoms with E-state index in [1.54, 1.807) is 67.6 Å². The molecule has 0 fully saturated rings. The molecule has 268 valence electrons. The van der Waals surface area contributed by atoms with Gasteiger partial charge in [-0.1, -0.05) is 61.7 Å². The van der Waals surface area contributed by atoms with E-state index in [2.05, 4.69) is 0 Å². The van der Waals surface area contributed by atoms with Crippen molar-refractivity contribution in [2.24, 2.45) is 5.92 Å². The number of aromatic nitrogens is 1. The second kappa shape index (κ2) is 16.5. The molecule has 2 atom stereocenters. The fraction of sp³-hybridized carbons (Fsp3) is 0.389. The maximum Gasteiger partial charge on any atom is 0.306 e. The summed E-state index contributed by atoms with van der Waals surface area (Å²) in [6, 6.07) is 19.7. The van der Waals surface area contributed by atoms with E-state index in [1.165, 1.54) is 12.1 Å². The van der Waals surface area contributed by atoms with Gasteiger partial charge in [0.25, 0.3) is 26.0 Å². The molecule has 0 aliphatic rings. The van der Waals surface area contributed by atoms with Crippen LogP contribution in [-0.4, -0.2) is 65.5 Å². The highest BCUT2D eigenvalue weighted by Gasteiger charge is 2.35. The molecule has 3 aromatic carbocycles. The highest BCUT2D eigenvalue weighted by atomic mass is 32.2. The predicted octanol–water partition coefficient (Wildman–Crippen LogP) is 5.60. The quantitative estimate of drug-likeness (QED) is 0.0661. The van der Waals surface area contributed by atoms with Gasteiger partial charge in [-0.2, -0.15) is 13.0 Å². The Bertz CT molecular complexity index is 2020. The van der Waals surface area contributed by atoms with Crippen LogP contribution in [0.3, 0.4) is 0 Å². The predicted molar refractivity (Wildman–Crippen MR) is 188 cm³/mol. The van der Waals surface area contributed by atoms with Gasteiger partial charge in [0.2, 0.25) is 11.0 Å². The first-order valence-corrected chi connectivity index (χ1v) is 19.5. The summed E-state index contributed by atoms with van der Waals surface area (Å²) in [5, 5.41) is 18.4. The van der Waals surface area contributed by atoms with Crippen molar-refractivity contribution in [2.75, 3.05) is 6.54 Å². The molecule has 50 heavy (non-hydrogen) atoms. The lowest BCUT2D eigenvalue weighted by atomic mass is 9.96. The van der Waals surface area contributed by atoms with E-state index >= 15 is 0 Å². The number of amides is 1. The first-order valence-electron chi connectivity index (χ1n) is 16.5. The third-order valence-corrected chi connectivity index (χ3v) is 12.0. The number of fused-ring (bicyclic) bond motifs is 2. The number of sulfonamides is 1. The van der Waals surface area contributed by atoms with Crippen LogP contribution in [0.2, 0.25) is 0 Å². The zero-order chi connectivity index (χ0) is 36.6. The molecule has 1 heterocycles. The van der Waals surface area contributed by atoms with Crippen molar-refractivity contribution in [3.63, 3.8) is 0 Å². The van der Waals surface area contributed by atoms with Gasteiger partial charge in [-0.3, -0.25) is 18.9 Å². The molecule has 4 rings (SSSR count). The summed E-state index contributed by atoms with van der Waals surface area (Å²) in [5.41, 5.74) is 1.92. The van der Waals surface area contributed by atoms with E-state index in [0.29, 0.717) is 34.6 Å². The van der Waals surface area contributed by atoms with E-state index in [1.807, 2.05) is 11.5 Å². The summed E-state index contributed by atoms with van der Waals surface area (Å²) >= 11 is 0. The molecule has 12 nitrogen and oxygen atoms in total. The lowest BCUT2D eigenvalue weighted by Gasteiger charge is -2.24. The summed E-state index contributed by atoms with van der Waals surface area (Å²) in [6.45, 7) is 3.39. The van der Waals surface area contributed by atoms with Gasteiger partial charge in [-0.25, -0.2) is 12.7 Å². The molecule has 4 aromatic rings. The topological polar surface area (TPSA) is 187 Å². The van der Waals surface area contributed by atoms with Crippen molar-refractivity contribution in [1.29, 1.82) is 0 Å². The maximum absolute atomic E-state index is 14.5. The Balaban J connectivity index is 1.78. The number of benzene rings is 3. The highest BCUT2D eigenvalue weighted by Crippen LogP contribution is 2.30. The minimum absolute atomic E-state index is 0.0145. The van der Waals surface area contributed by atoms with Crippen LogP contribution in [-0.2, 0) is 36.3 Å². The zero-order valence-corrected chi connectivity index (χ0v) is 29.7. The van der Waals surface area contributed by atoms with E-state index in [0.717, 1.165) is 9.87 Å². The monoisotopic (exact) mass is 727 g/mol. The smallest absolute Gasteiger partial charge is 0.306 e. The number of aliphatic carboxylic acids is 2. The van der Waals surface area contributed by atoms with Crippen molar-refractivity contribution in [3.8, 4) is 0 Å². The summed E-state index contributed by atoms with van der Waals surface area (Å²) in [5.74, 6) is -3.52. The fourth-order valence-corrected chi connectivity index (χ4v) is 8.58. The normalized spacial score (nSPS) is 13.3. The molecule has 3 N–H and O–H groups in total. The van der Waals surface area contributed by atoms with Gasteiger partial charge in [0, 0.05) is 31.5 Å². The van der Waals surface area contributed by atoms with E-state index < -0.39 is 49.2 Å². The van der Waals surface area contributed by atoms with Crippen LogP contribution in [0.15, 0.2) is 77.7 Å². The van der Waals surface area contributed by atoms with Gasteiger partial charge < -0.3 is 10.2 Å². The molecule has 0 aliphatic carbocycles. The largest absolute Gasteiger partial charge is 0.481 e. The van der Waals surface area contributed by atoms with E-state index in [-0.39, 0.29) is 62.1 Å². The minimum Gasteiger partial charge on any atom is -0.481 e. The van der Waals surface area contributed by atoms with Gasteiger partial charge in [-0.05, 0) is 56.9 Å². The molecule has 0 bridgehead atoms. The molecule has 0 aliphatic heterocycles. The number of carboxylic acid groups (broad SMARTS) is 2. The van der Waals surface area contributed by atoms with Crippen molar-refractivity contribution >= 4 is 59.8 Å². The standard InChI is InChI=1S/C36H42N2O10S2/c1-3-10-26(36(42)43)11-8-12-28(50(46,47)48)22-24-37-31-15-6-4-13-29(31)34(30-14-5-7-16-32(30)37)35(41)38(23-9-17-33(39)40)49(44,45)27-20-18-25(2)19-21-27/h4-7,13-16,18-21,26,28H,3,8-12,17,22-24H2,1-2H3,(H2-,39,40,42,43,46,47,48)/p+1. The van der Waals surface area contributed by atoms with Crippen LogP contribution < -0.4 is 4.57 Å². The molecule has 2 unspecified atom stereocenters. The number of hydrogen-bond donors (Lipinski definition) is 3. The van der Waals surface area contributed by atoms with Gasteiger partial charge in [0.05, 0.1) is 32.4 Å². The Kier molecular flexibility index (Phi) is 12.7. The van der Waals surface area contributed by atoms with Crippen LogP contribution in [0.4, 0.5) is 0 Å². The molecule has 0 spiro atoms. The Labute approximate surface area is 292 Å². The average molecular weight is 728 g/mol. The number of carbonyl (C=O) groups is 3.